The highest BCUT2D eigenvalue weighted by atomic mass is 32.1. The van der Waals surface area contributed by atoms with E-state index < -0.39 is 71.9 Å². The second-order valence-electron chi connectivity index (χ2n) is 10.2. The molecule has 0 saturated carbocycles. The van der Waals surface area contributed by atoms with Crippen LogP contribution in [-0.2, 0) is 14.3 Å². The predicted octanol–water partition coefficient (Wildman–Crippen LogP) is 5.58. The number of carbonyl (C=O) groups excluding carboxylic acids is 2. The van der Waals surface area contributed by atoms with Crippen molar-refractivity contribution < 1.29 is 37.7 Å². The molecule has 1 aromatic heterocycles. The van der Waals surface area contributed by atoms with Gasteiger partial charge in [0.1, 0.15) is 11.9 Å². The van der Waals surface area contributed by atoms with E-state index in [1.807, 2.05) is 6.92 Å². The fourth-order valence-corrected chi connectivity index (χ4v) is 4.74. The number of hydrogen-bond acceptors (Lipinski definition) is 7. The minimum atomic E-state index is -4.61. The molecule has 1 aromatic rings. The van der Waals surface area contributed by atoms with Crippen molar-refractivity contribution in [2.24, 2.45) is 17.3 Å². The van der Waals surface area contributed by atoms with Gasteiger partial charge in [-0.3, -0.25) is 9.59 Å². The highest BCUT2D eigenvalue weighted by Crippen LogP contribution is 2.33. The zero-order valence-corrected chi connectivity index (χ0v) is 22.8. The number of nitrogens with zero attached hydrogens (tertiary/aromatic N) is 1. The first-order valence-electron chi connectivity index (χ1n) is 12.2. The number of ketones is 1. The minimum Gasteiger partial charge on any atom is -0.457 e. The maximum Gasteiger partial charge on any atom is 0.412 e. The van der Waals surface area contributed by atoms with Crippen LogP contribution in [0, 0.1) is 24.2 Å². The van der Waals surface area contributed by atoms with Crippen molar-refractivity contribution in [2.75, 3.05) is 0 Å². The van der Waals surface area contributed by atoms with Crippen LogP contribution in [0.5, 0.6) is 0 Å². The number of ether oxygens (including phenoxy) is 1. The number of hydrogen-bond donors (Lipinski definition) is 2. The van der Waals surface area contributed by atoms with Gasteiger partial charge in [-0.15, -0.1) is 11.3 Å². The van der Waals surface area contributed by atoms with Crippen LogP contribution >= 0.6 is 11.3 Å². The molecule has 1 unspecified atom stereocenters. The predicted molar refractivity (Wildman–Crippen MR) is 137 cm³/mol. The molecule has 10 heteroatoms. The van der Waals surface area contributed by atoms with E-state index in [1.54, 1.807) is 25.3 Å². The van der Waals surface area contributed by atoms with Gasteiger partial charge in [0.2, 0.25) is 0 Å². The Kier molecular flexibility index (Phi) is 10.4. The third-order valence-corrected chi connectivity index (χ3v) is 7.60. The molecule has 0 fully saturated rings. The summed E-state index contributed by atoms with van der Waals surface area (Å²) < 4.78 is 46.8. The van der Waals surface area contributed by atoms with Gasteiger partial charge in [-0.05, 0) is 31.9 Å². The third kappa shape index (κ3) is 8.35. The minimum absolute atomic E-state index is 0.243. The first kappa shape index (κ1) is 30.9. The molecule has 0 radical (unpaired) electrons. The van der Waals surface area contributed by atoms with Crippen LogP contribution < -0.4 is 0 Å². The summed E-state index contributed by atoms with van der Waals surface area (Å²) in [5.74, 6) is -2.85. The summed E-state index contributed by atoms with van der Waals surface area (Å²) in [7, 11) is 0. The number of rotatable bonds is 2. The van der Waals surface area contributed by atoms with Gasteiger partial charge < -0.3 is 14.9 Å². The summed E-state index contributed by atoms with van der Waals surface area (Å²) in [5, 5.41) is 24.0. The summed E-state index contributed by atoms with van der Waals surface area (Å²) in [5.41, 5.74) is -1.11. The number of carbonyl (C=O) groups is 2. The third-order valence-electron chi connectivity index (χ3n) is 6.81. The first-order chi connectivity index (χ1) is 17.0. The fraction of sp³-hybridized carbons (Fsp3) is 0.593. The molecule has 206 valence electrons. The Balaban J connectivity index is 2.50. The van der Waals surface area contributed by atoms with E-state index in [9.17, 15) is 33.0 Å². The van der Waals surface area contributed by atoms with Crippen LogP contribution in [0.4, 0.5) is 13.2 Å². The molecule has 2 N–H and O–H groups in total. The van der Waals surface area contributed by atoms with Crippen LogP contribution in [0.1, 0.15) is 64.6 Å². The molecule has 1 aliphatic rings. The molecule has 0 spiro atoms. The Hall–Kier alpha value is -2.30. The maximum absolute atomic E-state index is 13.8. The molecular formula is C27H36F3NO5S. The van der Waals surface area contributed by atoms with Gasteiger partial charge in [-0.1, -0.05) is 45.9 Å². The first-order valence-corrected chi connectivity index (χ1v) is 13.0. The smallest absolute Gasteiger partial charge is 0.412 e. The van der Waals surface area contributed by atoms with Gasteiger partial charge in [0, 0.05) is 29.2 Å². The van der Waals surface area contributed by atoms with Gasteiger partial charge in [0.15, 0.2) is 0 Å². The molecular weight excluding hydrogens is 507 g/mol. The monoisotopic (exact) mass is 543 g/mol. The zero-order chi connectivity index (χ0) is 28.1. The van der Waals surface area contributed by atoms with Crippen molar-refractivity contribution in [3.05, 3.63) is 45.5 Å². The molecule has 2 rings (SSSR count). The van der Waals surface area contributed by atoms with Crippen LogP contribution in [0.3, 0.4) is 0 Å². The number of alkyl halides is 3. The van der Waals surface area contributed by atoms with E-state index >= 15 is 0 Å². The van der Waals surface area contributed by atoms with Crippen molar-refractivity contribution in [2.45, 2.75) is 85.3 Å². The molecule has 5 atom stereocenters. The SMILES string of the molecule is CC(=Cc1csc(C)n1)C1C/C=C(/C(F)(F)F)C/C=C/[C@H](C)[C@H](O)[C@@H](C)C(=O)C(C)(C)[C@@H](O)CC(=O)O1. The van der Waals surface area contributed by atoms with E-state index in [2.05, 4.69) is 4.98 Å². The Labute approximate surface area is 219 Å². The number of aliphatic hydroxyl groups excluding tert-OH is 2. The lowest BCUT2D eigenvalue weighted by Crippen LogP contribution is -2.45. The average molecular weight is 544 g/mol. The molecule has 0 saturated heterocycles. The lowest BCUT2D eigenvalue weighted by atomic mass is 9.73. The summed E-state index contributed by atoms with van der Waals surface area (Å²) in [6.07, 6.45) is -4.04. The largest absolute Gasteiger partial charge is 0.457 e. The lowest BCUT2D eigenvalue weighted by molar-refractivity contribution is -0.154. The Morgan fingerprint density at radius 3 is 2.46 bits per heavy atom. The summed E-state index contributed by atoms with van der Waals surface area (Å²) in [6.45, 7) is 9.55. The van der Waals surface area contributed by atoms with E-state index in [-0.39, 0.29) is 6.42 Å². The maximum atomic E-state index is 13.8. The van der Waals surface area contributed by atoms with Gasteiger partial charge >= 0.3 is 12.1 Å². The van der Waals surface area contributed by atoms with Crippen molar-refractivity contribution in [1.82, 2.24) is 4.98 Å². The number of Topliss-reactive ketones (excluding diaryl/α,β-unsaturated/α-hetero) is 1. The molecule has 0 aliphatic carbocycles. The van der Waals surface area contributed by atoms with Gasteiger partial charge in [-0.25, -0.2) is 4.98 Å². The van der Waals surface area contributed by atoms with Gasteiger partial charge in [0.25, 0.3) is 0 Å². The number of aliphatic hydroxyl groups is 2. The Morgan fingerprint density at radius 2 is 1.89 bits per heavy atom. The van der Waals surface area contributed by atoms with Crippen LogP contribution in [0.2, 0.25) is 0 Å². The Morgan fingerprint density at radius 1 is 1.24 bits per heavy atom. The normalized spacial score (nSPS) is 31.4. The van der Waals surface area contributed by atoms with Crippen LogP contribution in [0.25, 0.3) is 6.08 Å². The van der Waals surface area contributed by atoms with Crippen molar-refractivity contribution in [1.29, 1.82) is 0 Å². The van der Waals surface area contributed by atoms with E-state index in [4.69, 9.17) is 4.74 Å². The number of aryl methyl sites for hydroxylation is 1. The topological polar surface area (TPSA) is 96.7 Å². The molecule has 0 amide bonds. The second kappa shape index (κ2) is 12.5. The number of aromatic nitrogens is 1. The number of esters is 1. The molecule has 0 bridgehead atoms. The van der Waals surface area contributed by atoms with Gasteiger partial charge in [0.05, 0.1) is 34.7 Å². The van der Waals surface area contributed by atoms with E-state index in [1.165, 1.54) is 44.3 Å². The zero-order valence-electron chi connectivity index (χ0n) is 22.0. The average Bonchev–Trinajstić information content (AvgIpc) is 3.21. The summed E-state index contributed by atoms with van der Waals surface area (Å²) in [6, 6.07) is 0. The molecule has 6 nitrogen and oxygen atoms in total. The lowest BCUT2D eigenvalue weighted by Gasteiger charge is -2.34. The van der Waals surface area contributed by atoms with Gasteiger partial charge in [-0.2, -0.15) is 13.2 Å². The molecule has 2 heterocycles. The van der Waals surface area contributed by atoms with Crippen molar-refractivity contribution in [3.63, 3.8) is 0 Å². The molecule has 37 heavy (non-hydrogen) atoms. The number of allylic oxidation sites excluding steroid dienone is 2. The number of halogens is 3. The highest BCUT2D eigenvalue weighted by molar-refractivity contribution is 7.09. The van der Waals surface area contributed by atoms with Crippen molar-refractivity contribution >= 4 is 29.2 Å². The molecule has 0 aromatic carbocycles. The fourth-order valence-electron chi connectivity index (χ4n) is 4.17. The van der Waals surface area contributed by atoms with Crippen molar-refractivity contribution in [3.8, 4) is 0 Å². The number of cyclic esters (lactones) is 1. The standard InChI is InChI=1S/C27H36F3NO5S/c1-15-8-7-9-19(27(28,29)30)10-11-21(16(2)12-20-14-37-18(4)31-20)36-23(33)13-22(32)26(5,6)25(35)17(3)24(15)34/h7-8,10,12,14-15,17,21-22,24,32,34H,9,11,13H2,1-6H3/b8-7+,16-12?,19-10+/t15-,17+,21?,22-,24-/m0/s1. The van der Waals surface area contributed by atoms with E-state index in [0.717, 1.165) is 11.1 Å². The molecule has 1 aliphatic heterocycles. The van der Waals surface area contributed by atoms with Crippen LogP contribution in [-0.4, -0.2) is 51.4 Å². The van der Waals surface area contributed by atoms with E-state index in [0.29, 0.717) is 11.3 Å². The quantitative estimate of drug-likeness (QED) is 0.373. The highest BCUT2D eigenvalue weighted by Gasteiger charge is 2.42. The Bertz CT molecular complexity index is 1060. The summed E-state index contributed by atoms with van der Waals surface area (Å²) >= 11 is 1.41. The number of thiazole rings is 1. The van der Waals surface area contributed by atoms with Crippen LogP contribution in [0.15, 0.2) is 34.8 Å². The summed E-state index contributed by atoms with van der Waals surface area (Å²) in [4.78, 5) is 30.2. The second-order valence-corrected chi connectivity index (χ2v) is 11.3.